The summed E-state index contributed by atoms with van der Waals surface area (Å²) in [5.74, 6) is 0.923. The van der Waals surface area contributed by atoms with Gasteiger partial charge >= 0.3 is 0 Å². The van der Waals surface area contributed by atoms with E-state index in [4.69, 9.17) is 19.9 Å². The summed E-state index contributed by atoms with van der Waals surface area (Å²) in [4.78, 5) is 0. The predicted octanol–water partition coefficient (Wildman–Crippen LogP) is 1.64. The first-order chi connectivity index (χ1) is 7.16. The monoisotopic (exact) mass is 217 g/mol. The fraction of sp³-hybridized carbons (Fsp3) is 0.333. The van der Waals surface area contributed by atoms with Crippen LogP contribution in [0.25, 0.3) is 0 Å². The second-order valence-electron chi connectivity index (χ2n) is 2.95. The van der Waals surface area contributed by atoms with Crippen LogP contribution in [0.15, 0.2) is 12.1 Å². The molecule has 0 aliphatic carbocycles. The molecule has 0 bridgehead atoms. The van der Waals surface area contributed by atoms with E-state index < -0.39 is 13.0 Å². The van der Waals surface area contributed by atoms with Gasteiger partial charge in [0.1, 0.15) is 6.61 Å². The molecule has 0 radical (unpaired) electrons. The second-order valence-corrected chi connectivity index (χ2v) is 2.95. The third kappa shape index (κ3) is 2.03. The summed E-state index contributed by atoms with van der Waals surface area (Å²) < 4.78 is 38.9. The van der Waals surface area contributed by atoms with Crippen LogP contribution in [0.1, 0.15) is 0 Å². The molecule has 0 aromatic heterocycles. The lowest BCUT2D eigenvalue weighted by Crippen LogP contribution is -2.07. The van der Waals surface area contributed by atoms with Crippen LogP contribution in [-0.4, -0.2) is 19.8 Å². The van der Waals surface area contributed by atoms with Crippen LogP contribution < -0.4 is 19.9 Å². The Labute approximate surface area is 84.5 Å². The molecule has 1 aromatic carbocycles. The molecule has 1 aromatic rings. The summed E-state index contributed by atoms with van der Waals surface area (Å²) in [7, 11) is 0. The highest BCUT2D eigenvalue weighted by atomic mass is 19.3. The minimum Gasteiger partial charge on any atom is -0.484 e. The first-order valence-electron chi connectivity index (χ1n) is 4.27. The molecule has 2 rings (SSSR count). The van der Waals surface area contributed by atoms with Gasteiger partial charge in [0.25, 0.3) is 6.43 Å². The van der Waals surface area contributed by atoms with Crippen molar-refractivity contribution in [1.29, 1.82) is 0 Å². The van der Waals surface area contributed by atoms with Crippen molar-refractivity contribution in [3.05, 3.63) is 12.1 Å². The maximum Gasteiger partial charge on any atom is 0.272 e. The molecular formula is C9H9F2NO3. The average Bonchev–Trinajstić information content (AvgIpc) is 2.61. The molecule has 15 heavy (non-hydrogen) atoms. The smallest absolute Gasteiger partial charge is 0.272 e. The van der Waals surface area contributed by atoms with Crippen LogP contribution in [0.4, 0.5) is 14.5 Å². The van der Waals surface area contributed by atoms with Crippen LogP contribution in [0.3, 0.4) is 0 Å². The molecule has 0 amide bonds. The number of ether oxygens (including phenoxy) is 3. The highest BCUT2D eigenvalue weighted by Gasteiger charge is 2.20. The highest BCUT2D eigenvalue weighted by Crippen LogP contribution is 2.42. The van der Waals surface area contributed by atoms with Crippen molar-refractivity contribution < 1.29 is 23.0 Å². The Kier molecular flexibility index (Phi) is 2.49. The van der Waals surface area contributed by atoms with Gasteiger partial charge in [-0.15, -0.1) is 0 Å². The van der Waals surface area contributed by atoms with Crippen molar-refractivity contribution in [3.63, 3.8) is 0 Å². The quantitative estimate of drug-likeness (QED) is 0.782. The fourth-order valence-corrected chi connectivity index (χ4v) is 1.26. The Morgan fingerprint density at radius 2 is 2.20 bits per heavy atom. The lowest BCUT2D eigenvalue weighted by atomic mass is 10.2. The van der Waals surface area contributed by atoms with E-state index >= 15 is 0 Å². The number of nitrogens with two attached hydrogens (primary N) is 1. The fourth-order valence-electron chi connectivity index (χ4n) is 1.26. The molecular weight excluding hydrogens is 208 g/mol. The molecule has 0 spiro atoms. The number of rotatable bonds is 3. The van der Waals surface area contributed by atoms with Crippen LogP contribution >= 0.6 is 0 Å². The van der Waals surface area contributed by atoms with Crippen LogP contribution in [-0.2, 0) is 0 Å². The topological polar surface area (TPSA) is 53.7 Å². The van der Waals surface area contributed by atoms with Crippen molar-refractivity contribution in [2.45, 2.75) is 6.43 Å². The number of hydrogen-bond donors (Lipinski definition) is 1. The van der Waals surface area contributed by atoms with Gasteiger partial charge < -0.3 is 19.9 Å². The minimum absolute atomic E-state index is 0.0455. The van der Waals surface area contributed by atoms with Gasteiger partial charge in [0.15, 0.2) is 11.5 Å². The van der Waals surface area contributed by atoms with E-state index in [0.717, 1.165) is 0 Å². The summed E-state index contributed by atoms with van der Waals surface area (Å²) in [5.41, 5.74) is 5.91. The average molecular weight is 217 g/mol. The summed E-state index contributed by atoms with van der Waals surface area (Å²) in [6.45, 7) is -0.650. The maximum atomic E-state index is 11.9. The number of alkyl halides is 2. The van der Waals surface area contributed by atoms with Crippen molar-refractivity contribution in [3.8, 4) is 17.2 Å². The summed E-state index contributed by atoms with van der Waals surface area (Å²) in [6, 6.07) is 2.98. The lowest BCUT2D eigenvalue weighted by Gasteiger charge is -2.08. The summed E-state index contributed by atoms with van der Waals surface area (Å²) in [5, 5.41) is 0. The van der Waals surface area contributed by atoms with E-state index in [2.05, 4.69) is 0 Å². The zero-order valence-corrected chi connectivity index (χ0v) is 7.70. The number of hydrogen-bond acceptors (Lipinski definition) is 4. The Bertz CT molecular complexity index is 371. The summed E-state index contributed by atoms with van der Waals surface area (Å²) in [6.07, 6.45) is -2.54. The van der Waals surface area contributed by atoms with Crippen molar-refractivity contribution >= 4 is 5.69 Å². The van der Waals surface area contributed by atoms with Crippen LogP contribution in [0.2, 0.25) is 0 Å². The zero-order chi connectivity index (χ0) is 10.8. The highest BCUT2D eigenvalue weighted by molar-refractivity contribution is 5.61. The molecule has 2 N–H and O–H groups in total. The third-order valence-corrected chi connectivity index (χ3v) is 1.83. The lowest BCUT2D eigenvalue weighted by molar-refractivity contribution is 0.0798. The van der Waals surface area contributed by atoms with Crippen molar-refractivity contribution in [2.75, 3.05) is 19.1 Å². The van der Waals surface area contributed by atoms with Gasteiger partial charge in [-0.1, -0.05) is 0 Å². The molecule has 0 fully saturated rings. The molecule has 0 atom stereocenters. The number of halogens is 2. The van der Waals surface area contributed by atoms with E-state index in [1.54, 1.807) is 6.07 Å². The number of benzene rings is 1. The molecule has 82 valence electrons. The largest absolute Gasteiger partial charge is 0.484 e. The molecule has 0 saturated carbocycles. The molecule has 1 heterocycles. The summed E-state index contributed by atoms with van der Waals surface area (Å²) >= 11 is 0. The first-order valence-corrected chi connectivity index (χ1v) is 4.27. The molecule has 0 unspecified atom stereocenters. The first kappa shape index (κ1) is 9.82. The van der Waals surface area contributed by atoms with Gasteiger partial charge in [0, 0.05) is 17.8 Å². The maximum absolute atomic E-state index is 11.9. The normalized spacial score (nSPS) is 13.3. The second kappa shape index (κ2) is 3.80. The SMILES string of the molecule is Nc1cc2c(c(OCC(F)F)c1)OCO2. The Hall–Kier alpha value is -1.72. The van der Waals surface area contributed by atoms with E-state index in [1.165, 1.54) is 6.07 Å². The molecule has 6 heteroatoms. The van der Waals surface area contributed by atoms with Crippen LogP contribution in [0.5, 0.6) is 17.2 Å². The van der Waals surface area contributed by atoms with Gasteiger partial charge in [0.05, 0.1) is 0 Å². The number of nitrogen functional groups attached to an aromatic ring is 1. The van der Waals surface area contributed by atoms with Gasteiger partial charge in [0.2, 0.25) is 12.5 Å². The van der Waals surface area contributed by atoms with E-state index in [-0.39, 0.29) is 12.5 Å². The van der Waals surface area contributed by atoms with E-state index in [1.807, 2.05) is 0 Å². The van der Waals surface area contributed by atoms with E-state index in [9.17, 15) is 8.78 Å². The Morgan fingerprint density at radius 3 is 2.93 bits per heavy atom. The minimum atomic E-state index is -2.54. The molecule has 1 aliphatic heterocycles. The van der Waals surface area contributed by atoms with Crippen molar-refractivity contribution in [2.24, 2.45) is 0 Å². The standard InChI is InChI=1S/C9H9F2NO3/c10-8(11)3-13-6-1-5(12)2-7-9(6)15-4-14-7/h1-2,8H,3-4,12H2. The van der Waals surface area contributed by atoms with E-state index in [0.29, 0.717) is 17.2 Å². The van der Waals surface area contributed by atoms with Crippen LogP contribution in [0, 0.1) is 0 Å². The predicted molar refractivity (Wildman–Crippen MR) is 48.5 cm³/mol. The van der Waals surface area contributed by atoms with Gasteiger partial charge in [-0.25, -0.2) is 8.78 Å². The van der Waals surface area contributed by atoms with Gasteiger partial charge in [-0.05, 0) is 0 Å². The van der Waals surface area contributed by atoms with Crippen molar-refractivity contribution in [1.82, 2.24) is 0 Å². The van der Waals surface area contributed by atoms with Gasteiger partial charge in [-0.3, -0.25) is 0 Å². The molecule has 1 aliphatic rings. The Morgan fingerprint density at radius 1 is 1.40 bits per heavy atom. The van der Waals surface area contributed by atoms with Gasteiger partial charge in [-0.2, -0.15) is 0 Å². The third-order valence-electron chi connectivity index (χ3n) is 1.83. The number of fused-ring (bicyclic) bond motifs is 1. The molecule has 0 saturated heterocycles. The number of anilines is 1. The molecule has 4 nitrogen and oxygen atoms in total. The zero-order valence-electron chi connectivity index (χ0n) is 7.70. The Balaban J connectivity index is 2.22.